The Morgan fingerprint density at radius 1 is 1.20 bits per heavy atom. The molecule has 1 aromatic heterocycles. The fourth-order valence-corrected chi connectivity index (χ4v) is 7.57. The number of ether oxygens (including phenoxy) is 2. The number of amides is 2. The van der Waals surface area contributed by atoms with E-state index in [-0.39, 0.29) is 29.2 Å². The van der Waals surface area contributed by atoms with Crippen molar-refractivity contribution >= 4 is 76.8 Å². The SMILES string of the molecule is Cc1nnc(SCC2=C(C(=O)OCOC(=O)C(C)(C)C)N3C(=O)C(NC(=O)C(O)c4ccccc4C(=O)[C@H](C)N)[C@@H]3SC2)s1.Cl. The number of Topliss-reactive ketones (excluding diaryl/α,β-unsaturated/α-hetero) is 1. The monoisotopic (exact) mass is 699 g/mol. The van der Waals surface area contributed by atoms with E-state index in [0.717, 1.165) is 5.01 Å². The maximum atomic E-state index is 13.4. The van der Waals surface area contributed by atoms with Crippen molar-refractivity contribution in [3.05, 3.63) is 51.7 Å². The van der Waals surface area contributed by atoms with Crippen LogP contribution < -0.4 is 11.1 Å². The molecule has 4 rings (SSSR count). The molecular weight excluding hydrogens is 666 g/mol. The summed E-state index contributed by atoms with van der Waals surface area (Å²) in [5, 5.41) is 21.6. The number of rotatable bonds is 11. The number of aryl methyl sites for hydroxylation is 1. The molecule has 0 saturated carbocycles. The third kappa shape index (κ3) is 8.23. The van der Waals surface area contributed by atoms with Gasteiger partial charge in [-0.05, 0) is 40.2 Å². The number of ketones is 1. The lowest BCUT2D eigenvalue weighted by atomic mass is 9.95. The van der Waals surface area contributed by atoms with Crippen LogP contribution in [0.1, 0.15) is 54.7 Å². The van der Waals surface area contributed by atoms with Gasteiger partial charge in [0.1, 0.15) is 22.1 Å². The van der Waals surface area contributed by atoms with Crippen LogP contribution in [0.25, 0.3) is 0 Å². The van der Waals surface area contributed by atoms with Crippen LogP contribution in [-0.4, -0.2) is 85.5 Å². The Kier molecular flexibility index (Phi) is 12.2. The topological polar surface area (TPSA) is 191 Å². The quantitative estimate of drug-likeness (QED) is 0.102. The molecule has 4 atom stereocenters. The van der Waals surface area contributed by atoms with Crippen LogP contribution >= 0.6 is 47.3 Å². The third-order valence-electron chi connectivity index (χ3n) is 6.59. The summed E-state index contributed by atoms with van der Waals surface area (Å²) in [6.45, 7) is 7.66. The molecule has 4 N–H and O–H groups in total. The lowest BCUT2D eigenvalue weighted by Crippen LogP contribution is -2.71. The zero-order valence-electron chi connectivity index (χ0n) is 25.1. The van der Waals surface area contributed by atoms with Gasteiger partial charge in [-0.25, -0.2) is 4.79 Å². The Balaban J connectivity index is 0.00000552. The molecule has 244 valence electrons. The zero-order valence-corrected chi connectivity index (χ0v) is 28.4. The van der Waals surface area contributed by atoms with Crippen LogP contribution in [0.3, 0.4) is 0 Å². The lowest BCUT2D eigenvalue weighted by Gasteiger charge is -2.49. The van der Waals surface area contributed by atoms with E-state index in [1.165, 1.54) is 58.8 Å². The van der Waals surface area contributed by atoms with E-state index in [1.54, 1.807) is 32.9 Å². The number of nitrogens with one attached hydrogen (secondary N) is 1. The third-order valence-corrected chi connectivity index (χ3v) is 9.99. The molecule has 1 saturated heterocycles. The molecule has 2 aliphatic rings. The van der Waals surface area contributed by atoms with Crippen molar-refractivity contribution in [2.24, 2.45) is 11.1 Å². The predicted octanol–water partition coefficient (Wildman–Crippen LogP) is 2.37. The molecule has 13 nitrogen and oxygen atoms in total. The first-order chi connectivity index (χ1) is 20.7. The highest BCUT2D eigenvalue weighted by molar-refractivity contribution is 8.01. The maximum absolute atomic E-state index is 13.4. The number of nitrogens with zero attached hydrogens (tertiary/aromatic N) is 3. The molecule has 0 bridgehead atoms. The van der Waals surface area contributed by atoms with Crippen LogP contribution in [0.15, 0.2) is 39.9 Å². The number of carbonyl (C=O) groups excluding carboxylic acids is 5. The summed E-state index contributed by atoms with van der Waals surface area (Å²) < 4.78 is 11.0. The molecule has 0 spiro atoms. The summed E-state index contributed by atoms with van der Waals surface area (Å²) in [4.78, 5) is 65.7. The number of fused-ring (bicyclic) bond motifs is 1. The summed E-state index contributed by atoms with van der Waals surface area (Å²) >= 11 is 4.07. The van der Waals surface area contributed by atoms with E-state index >= 15 is 0 Å². The van der Waals surface area contributed by atoms with Crippen molar-refractivity contribution in [3.63, 3.8) is 0 Å². The van der Waals surface area contributed by atoms with Crippen LogP contribution in [0.2, 0.25) is 0 Å². The van der Waals surface area contributed by atoms with Gasteiger partial charge >= 0.3 is 11.9 Å². The summed E-state index contributed by atoms with van der Waals surface area (Å²) in [5.41, 5.74) is 5.68. The molecule has 0 aliphatic carbocycles. The van der Waals surface area contributed by atoms with Crippen molar-refractivity contribution in [1.29, 1.82) is 0 Å². The molecule has 17 heteroatoms. The van der Waals surface area contributed by atoms with Gasteiger partial charge in [0, 0.05) is 22.6 Å². The molecule has 2 unspecified atom stereocenters. The smallest absolute Gasteiger partial charge is 0.357 e. The highest BCUT2D eigenvalue weighted by Gasteiger charge is 2.54. The first kappa shape index (κ1) is 36.4. The Morgan fingerprint density at radius 2 is 1.89 bits per heavy atom. The fraction of sp³-hybridized carbons (Fsp3) is 0.464. The minimum Gasteiger partial charge on any atom is -0.427 e. The average molecular weight is 700 g/mol. The minimum absolute atomic E-state index is 0. The number of hydrogen-bond acceptors (Lipinski definition) is 14. The number of nitrogens with two attached hydrogens (primary N) is 1. The van der Waals surface area contributed by atoms with Crippen LogP contribution in [0, 0.1) is 12.3 Å². The van der Waals surface area contributed by atoms with Gasteiger partial charge in [0.25, 0.3) is 11.8 Å². The number of benzene rings is 1. The Hall–Kier alpha value is -3.02. The van der Waals surface area contributed by atoms with E-state index in [1.807, 2.05) is 6.92 Å². The van der Waals surface area contributed by atoms with Crippen LogP contribution in [0.5, 0.6) is 0 Å². The van der Waals surface area contributed by atoms with E-state index in [2.05, 4.69) is 15.5 Å². The molecule has 2 aromatic rings. The summed E-state index contributed by atoms with van der Waals surface area (Å²) in [7, 11) is 0. The number of aliphatic hydroxyl groups is 1. The van der Waals surface area contributed by atoms with E-state index < -0.39 is 65.3 Å². The number of β-lactam (4-membered cyclic amide) rings is 1. The molecule has 3 heterocycles. The minimum atomic E-state index is -1.75. The highest BCUT2D eigenvalue weighted by Crippen LogP contribution is 2.42. The number of esters is 2. The maximum Gasteiger partial charge on any atom is 0.357 e. The number of halogens is 1. The van der Waals surface area contributed by atoms with E-state index in [0.29, 0.717) is 21.4 Å². The largest absolute Gasteiger partial charge is 0.427 e. The second kappa shape index (κ2) is 15.0. The van der Waals surface area contributed by atoms with Crippen molar-refractivity contribution in [1.82, 2.24) is 20.4 Å². The lowest BCUT2D eigenvalue weighted by molar-refractivity contribution is -0.173. The van der Waals surface area contributed by atoms with Crippen LogP contribution in [0.4, 0.5) is 0 Å². The molecule has 45 heavy (non-hydrogen) atoms. The highest BCUT2D eigenvalue weighted by atomic mass is 35.5. The number of carbonyl (C=O) groups is 5. The van der Waals surface area contributed by atoms with Gasteiger partial charge in [0.15, 0.2) is 16.2 Å². The Morgan fingerprint density at radius 3 is 2.51 bits per heavy atom. The number of thioether (sulfide) groups is 2. The van der Waals surface area contributed by atoms with Crippen molar-refractivity contribution in [2.45, 2.75) is 62.5 Å². The van der Waals surface area contributed by atoms with Gasteiger partial charge in [-0.3, -0.25) is 24.1 Å². The number of aliphatic hydroxyl groups excluding tert-OH is 1. The van der Waals surface area contributed by atoms with Gasteiger partial charge in [-0.2, -0.15) is 0 Å². The van der Waals surface area contributed by atoms with Gasteiger partial charge in [-0.1, -0.05) is 47.4 Å². The molecule has 0 radical (unpaired) electrons. The molecule has 1 aromatic carbocycles. The fourth-order valence-electron chi connectivity index (χ4n) is 4.27. The number of aromatic nitrogens is 2. The Bertz CT molecular complexity index is 1510. The van der Waals surface area contributed by atoms with Gasteiger partial charge in [0.05, 0.1) is 11.5 Å². The molecule has 2 aliphatic heterocycles. The summed E-state index contributed by atoms with van der Waals surface area (Å²) in [5.74, 6) is -2.71. The average Bonchev–Trinajstić information content (AvgIpc) is 3.41. The van der Waals surface area contributed by atoms with E-state index in [9.17, 15) is 29.1 Å². The predicted molar refractivity (Wildman–Crippen MR) is 171 cm³/mol. The second-order valence-electron chi connectivity index (χ2n) is 11.1. The first-order valence-corrected chi connectivity index (χ1v) is 16.4. The van der Waals surface area contributed by atoms with Gasteiger partial charge in [-0.15, -0.1) is 34.4 Å². The normalized spacial score (nSPS) is 19.0. The number of hydrogen-bond donors (Lipinski definition) is 3. The van der Waals surface area contributed by atoms with E-state index in [4.69, 9.17) is 15.2 Å². The van der Waals surface area contributed by atoms with Crippen molar-refractivity contribution in [2.75, 3.05) is 18.3 Å². The molecular formula is C28H34ClN5O8S3. The molecule has 2 amide bonds. The summed E-state index contributed by atoms with van der Waals surface area (Å²) in [6.07, 6.45) is -1.75. The zero-order chi connectivity index (χ0) is 32.3. The van der Waals surface area contributed by atoms with Crippen molar-refractivity contribution in [3.8, 4) is 0 Å². The first-order valence-electron chi connectivity index (χ1n) is 13.5. The van der Waals surface area contributed by atoms with Gasteiger partial charge in [0.2, 0.25) is 6.79 Å². The van der Waals surface area contributed by atoms with Crippen molar-refractivity contribution < 1.29 is 38.6 Å². The molecule has 1 fully saturated rings. The standard InChI is InChI=1S/C28H33N5O8S3.ClH/c1-13(29)20(34)16-8-6-7-9-17(16)21(35)22(36)30-18-23(37)33-19(25(38)40-12-41-26(39)28(3,4)5)15(10-42-24(18)33)11-43-27-32-31-14(2)44-27;/h6-9,13,18,21,24,35H,10-12,29H2,1-5H3,(H,30,36);1H/t13-,18?,21?,24-;/m0./s1. The van der Waals surface area contributed by atoms with Gasteiger partial charge < -0.3 is 25.6 Å². The van der Waals surface area contributed by atoms with Crippen LogP contribution in [-0.2, 0) is 28.7 Å². The second-order valence-corrected chi connectivity index (χ2v) is 14.6. The Labute approximate surface area is 278 Å². The summed E-state index contributed by atoms with van der Waals surface area (Å²) in [6, 6.07) is 4.17.